The molecule has 4 heteroatoms. The molecule has 0 N–H and O–H groups in total. The van der Waals surface area contributed by atoms with Crippen molar-refractivity contribution >= 4 is 12.2 Å². The van der Waals surface area contributed by atoms with Gasteiger partial charge in [-0.15, -0.1) is 0 Å². The molecule has 17 heavy (non-hydrogen) atoms. The van der Waals surface area contributed by atoms with Crippen molar-refractivity contribution in [2.75, 3.05) is 0 Å². The van der Waals surface area contributed by atoms with Crippen LogP contribution in [0.5, 0.6) is 0 Å². The lowest BCUT2D eigenvalue weighted by Gasteiger charge is -2.09. The predicted molar refractivity (Wildman–Crippen MR) is 65.4 cm³/mol. The molecule has 0 aromatic rings. The summed E-state index contributed by atoms with van der Waals surface area (Å²) in [4.78, 5) is 28.3. The minimum absolute atomic E-state index is 0.152. The molecule has 1 saturated carbocycles. The lowest BCUT2D eigenvalue weighted by Crippen LogP contribution is -2.05. The molecule has 0 amide bonds. The molecular weight excluding hydrogens is 216 g/mol. The largest absolute Gasteiger partial charge is 0.235 e. The van der Waals surface area contributed by atoms with Crippen LogP contribution < -0.4 is 0 Å². The summed E-state index contributed by atoms with van der Waals surface area (Å²) in [6.07, 6.45) is 12.6. The first-order valence-electron chi connectivity index (χ1n) is 6.50. The van der Waals surface area contributed by atoms with Gasteiger partial charge in [-0.3, -0.25) is 0 Å². The van der Waals surface area contributed by atoms with E-state index in [9.17, 15) is 9.59 Å². The average molecular weight is 236 g/mol. The number of aliphatic imine (C=N–C) groups is 2. The van der Waals surface area contributed by atoms with Gasteiger partial charge in [0.2, 0.25) is 12.2 Å². The van der Waals surface area contributed by atoms with Crippen LogP contribution in [-0.4, -0.2) is 24.2 Å². The van der Waals surface area contributed by atoms with E-state index in [2.05, 4.69) is 9.98 Å². The summed E-state index contributed by atoms with van der Waals surface area (Å²) in [5.41, 5.74) is 0. The van der Waals surface area contributed by atoms with Gasteiger partial charge < -0.3 is 0 Å². The van der Waals surface area contributed by atoms with Crippen molar-refractivity contribution in [2.45, 2.75) is 69.9 Å². The molecule has 0 radical (unpaired) electrons. The summed E-state index contributed by atoms with van der Waals surface area (Å²) < 4.78 is 0. The number of isocyanates is 2. The van der Waals surface area contributed by atoms with Crippen molar-refractivity contribution < 1.29 is 9.59 Å². The van der Waals surface area contributed by atoms with Crippen molar-refractivity contribution in [3.05, 3.63) is 0 Å². The molecule has 0 heterocycles. The molecule has 0 bridgehead atoms. The lowest BCUT2D eigenvalue weighted by molar-refractivity contribution is 0.494. The van der Waals surface area contributed by atoms with Crippen LogP contribution in [0.15, 0.2) is 9.98 Å². The lowest BCUT2D eigenvalue weighted by atomic mass is 10.0. The molecule has 0 saturated heterocycles. The summed E-state index contributed by atoms with van der Waals surface area (Å²) in [5, 5.41) is 0. The van der Waals surface area contributed by atoms with Gasteiger partial charge in [0.05, 0.1) is 12.1 Å². The van der Waals surface area contributed by atoms with Gasteiger partial charge in [-0.05, 0) is 25.7 Å². The summed E-state index contributed by atoms with van der Waals surface area (Å²) >= 11 is 0. The Morgan fingerprint density at radius 3 is 1.35 bits per heavy atom. The zero-order valence-electron chi connectivity index (χ0n) is 10.2. The third-order valence-electron chi connectivity index (χ3n) is 3.37. The zero-order chi connectivity index (χ0) is 12.3. The average Bonchev–Trinajstić information content (AvgIpc) is 2.37. The van der Waals surface area contributed by atoms with E-state index < -0.39 is 0 Å². The van der Waals surface area contributed by atoms with Gasteiger partial charge in [0.25, 0.3) is 0 Å². The summed E-state index contributed by atoms with van der Waals surface area (Å²) in [6, 6.07) is 0.303. The highest BCUT2D eigenvalue weighted by Gasteiger charge is 2.12. The highest BCUT2D eigenvalue weighted by molar-refractivity contribution is 5.33. The Morgan fingerprint density at radius 1 is 0.647 bits per heavy atom. The Bertz CT molecular complexity index is 275. The fourth-order valence-corrected chi connectivity index (χ4v) is 2.39. The normalized spacial score (nSPS) is 27.1. The highest BCUT2D eigenvalue weighted by atomic mass is 16.1. The molecule has 0 aliphatic heterocycles. The zero-order valence-corrected chi connectivity index (χ0v) is 10.2. The third-order valence-corrected chi connectivity index (χ3v) is 3.37. The molecule has 0 aromatic heterocycles. The first-order chi connectivity index (χ1) is 8.36. The number of rotatable bonds is 2. The second kappa shape index (κ2) is 8.86. The Morgan fingerprint density at radius 2 is 1.00 bits per heavy atom. The quantitative estimate of drug-likeness (QED) is 0.546. The molecule has 1 aliphatic carbocycles. The smallest absolute Gasteiger partial charge is 0.211 e. The summed E-state index contributed by atoms with van der Waals surface area (Å²) in [5.74, 6) is 0. The molecule has 94 valence electrons. The van der Waals surface area contributed by atoms with Crippen LogP contribution in [0.2, 0.25) is 0 Å². The van der Waals surface area contributed by atoms with Crippen molar-refractivity contribution in [1.29, 1.82) is 0 Å². The topological polar surface area (TPSA) is 58.9 Å². The number of carbonyl (C=O) groups excluding carboxylic acids is 2. The van der Waals surface area contributed by atoms with Gasteiger partial charge >= 0.3 is 0 Å². The van der Waals surface area contributed by atoms with E-state index in [4.69, 9.17) is 0 Å². The maximum atomic E-state index is 10.3. The molecule has 0 aromatic carbocycles. The molecule has 1 fully saturated rings. The van der Waals surface area contributed by atoms with Crippen molar-refractivity contribution in [3.8, 4) is 0 Å². The summed E-state index contributed by atoms with van der Waals surface area (Å²) in [6.45, 7) is 0. The Balaban J connectivity index is 2.45. The first-order valence-corrected chi connectivity index (χ1v) is 6.50. The van der Waals surface area contributed by atoms with Crippen molar-refractivity contribution in [2.24, 2.45) is 9.98 Å². The molecule has 1 rings (SSSR count). The van der Waals surface area contributed by atoms with Gasteiger partial charge in [0.15, 0.2) is 0 Å². The Hall–Kier alpha value is -1.24. The fourth-order valence-electron chi connectivity index (χ4n) is 2.39. The van der Waals surface area contributed by atoms with E-state index in [1.54, 1.807) is 12.2 Å². The van der Waals surface area contributed by atoms with E-state index in [0.717, 1.165) is 57.8 Å². The molecule has 2 atom stereocenters. The van der Waals surface area contributed by atoms with E-state index in [1.807, 2.05) is 0 Å². The SMILES string of the molecule is O=C=NC1CCCCCC(N=C=O)CCCC1. The van der Waals surface area contributed by atoms with E-state index in [0.29, 0.717) is 0 Å². The first kappa shape index (κ1) is 13.8. The number of nitrogens with zero attached hydrogens (tertiary/aromatic N) is 2. The van der Waals surface area contributed by atoms with Crippen LogP contribution >= 0.6 is 0 Å². The minimum atomic E-state index is 0.152. The monoisotopic (exact) mass is 236 g/mol. The Kier molecular flexibility index (Phi) is 7.20. The fraction of sp³-hybridized carbons (Fsp3) is 0.846. The summed E-state index contributed by atoms with van der Waals surface area (Å²) in [7, 11) is 0. The second-order valence-electron chi connectivity index (χ2n) is 4.67. The van der Waals surface area contributed by atoms with Crippen molar-refractivity contribution in [1.82, 2.24) is 0 Å². The predicted octanol–water partition coefficient (Wildman–Crippen LogP) is 2.92. The van der Waals surface area contributed by atoms with Crippen LogP contribution in [0.1, 0.15) is 57.8 Å². The molecule has 0 spiro atoms. The van der Waals surface area contributed by atoms with E-state index in [1.165, 1.54) is 0 Å². The van der Waals surface area contributed by atoms with Crippen LogP contribution in [0.3, 0.4) is 0 Å². The maximum Gasteiger partial charge on any atom is 0.235 e. The molecule has 1 aliphatic rings. The Labute approximate surface area is 102 Å². The van der Waals surface area contributed by atoms with E-state index >= 15 is 0 Å². The van der Waals surface area contributed by atoms with Gasteiger partial charge in [0.1, 0.15) is 0 Å². The third kappa shape index (κ3) is 6.15. The molecular formula is C13H20N2O2. The van der Waals surface area contributed by atoms with Gasteiger partial charge in [-0.1, -0.05) is 32.1 Å². The van der Waals surface area contributed by atoms with Crippen molar-refractivity contribution in [3.63, 3.8) is 0 Å². The second-order valence-corrected chi connectivity index (χ2v) is 4.67. The number of hydrogen-bond acceptors (Lipinski definition) is 4. The number of hydrogen-bond donors (Lipinski definition) is 0. The van der Waals surface area contributed by atoms with Gasteiger partial charge in [-0.2, -0.15) is 0 Å². The van der Waals surface area contributed by atoms with Crippen LogP contribution in [0.4, 0.5) is 0 Å². The van der Waals surface area contributed by atoms with E-state index in [-0.39, 0.29) is 12.1 Å². The van der Waals surface area contributed by atoms with Gasteiger partial charge in [-0.25, -0.2) is 19.6 Å². The van der Waals surface area contributed by atoms with Gasteiger partial charge in [0, 0.05) is 0 Å². The minimum Gasteiger partial charge on any atom is -0.211 e. The molecule has 4 nitrogen and oxygen atoms in total. The van der Waals surface area contributed by atoms with Crippen LogP contribution in [0.25, 0.3) is 0 Å². The maximum absolute atomic E-state index is 10.3. The van der Waals surface area contributed by atoms with Crippen LogP contribution in [0, 0.1) is 0 Å². The standard InChI is InChI=1S/C13H20N2O2/c16-10-14-12-6-2-1-3-7-13(15-11-17)9-5-4-8-12/h12-13H,1-9H2. The van der Waals surface area contributed by atoms with Crippen LogP contribution in [-0.2, 0) is 9.59 Å². The highest BCUT2D eigenvalue weighted by Crippen LogP contribution is 2.20. The molecule has 2 unspecified atom stereocenters.